The number of halogens is 1. The molecular weight excluding hydrogens is 163 g/mol. The highest BCUT2D eigenvalue weighted by molar-refractivity contribution is 5.37. The fourth-order valence-electron chi connectivity index (χ4n) is 1.81. The number of rotatable bonds is 2. The standard InChI is InChI=1S/C12H16F/c1-5-8(2)12-9(3)6-11(13)7-10(12)4/h5-8H,1-4H3/t8-/m1/s1. The van der Waals surface area contributed by atoms with Crippen molar-refractivity contribution in [3.63, 3.8) is 0 Å². The van der Waals surface area contributed by atoms with E-state index in [4.69, 9.17) is 0 Å². The van der Waals surface area contributed by atoms with E-state index in [9.17, 15) is 4.39 Å². The van der Waals surface area contributed by atoms with Gasteiger partial charge in [0.1, 0.15) is 5.82 Å². The smallest absolute Gasteiger partial charge is 0.123 e. The highest BCUT2D eigenvalue weighted by Crippen LogP contribution is 2.26. The normalized spacial score (nSPS) is 13.0. The number of hydrogen-bond acceptors (Lipinski definition) is 0. The summed E-state index contributed by atoms with van der Waals surface area (Å²) in [6, 6.07) is 3.20. The Kier molecular flexibility index (Phi) is 3.07. The highest BCUT2D eigenvalue weighted by atomic mass is 19.1. The molecule has 0 nitrogen and oxygen atoms in total. The molecule has 0 unspecified atom stereocenters. The summed E-state index contributed by atoms with van der Waals surface area (Å²) in [6.45, 7) is 8.09. The van der Waals surface area contributed by atoms with Crippen molar-refractivity contribution in [1.29, 1.82) is 0 Å². The van der Waals surface area contributed by atoms with Crippen LogP contribution in [0.5, 0.6) is 0 Å². The van der Waals surface area contributed by atoms with Gasteiger partial charge in [-0.05, 0) is 55.0 Å². The van der Waals surface area contributed by atoms with Gasteiger partial charge >= 0.3 is 0 Å². The van der Waals surface area contributed by atoms with Gasteiger partial charge in [0, 0.05) is 0 Å². The van der Waals surface area contributed by atoms with Gasteiger partial charge in [0.2, 0.25) is 0 Å². The van der Waals surface area contributed by atoms with Crippen molar-refractivity contribution in [2.24, 2.45) is 0 Å². The molecule has 0 aliphatic carbocycles. The molecule has 0 heterocycles. The van der Waals surface area contributed by atoms with Crippen LogP contribution in [0.4, 0.5) is 4.39 Å². The van der Waals surface area contributed by atoms with Gasteiger partial charge in [-0.2, -0.15) is 0 Å². The topological polar surface area (TPSA) is 0 Å². The molecule has 1 atom stereocenters. The zero-order valence-corrected chi connectivity index (χ0v) is 8.69. The van der Waals surface area contributed by atoms with Crippen molar-refractivity contribution < 1.29 is 4.39 Å². The molecule has 13 heavy (non-hydrogen) atoms. The first-order valence-electron chi connectivity index (χ1n) is 4.62. The van der Waals surface area contributed by atoms with Crippen LogP contribution in [-0.4, -0.2) is 0 Å². The van der Waals surface area contributed by atoms with Crippen LogP contribution in [0.3, 0.4) is 0 Å². The lowest BCUT2D eigenvalue weighted by Crippen LogP contribution is -2.00. The molecule has 0 saturated heterocycles. The molecule has 1 radical (unpaired) electrons. The van der Waals surface area contributed by atoms with Gasteiger partial charge in [0.15, 0.2) is 0 Å². The second kappa shape index (κ2) is 3.91. The van der Waals surface area contributed by atoms with Crippen LogP contribution in [0.1, 0.15) is 36.5 Å². The Morgan fingerprint density at radius 3 is 2.08 bits per heavy atom. The van der Waals surface area contributed by atoms with Crippen LogP contribution >= 0.6 is 0 Å². The lowest BCUT2D eigenvalue weighted by Gasteiger charge is -2.15. The summed E-state index contributed by atoms with van der Waals surface area (Å²) < 4.78 is 13.0. The molecule has 1 heteroatoms. The Morgan fingerprint density at radius 1 is 1.23 bits per heavy atom. The second-order valence-electron chi connectivity index (χ2n) is 3.58. The third-order valence-corrected chi connectivity index (χ3v) is 2.51. The van der Waals surface area contributed by atoms with E-state index >= 15 is 0 Å². The summed E-state index contributed by atoms with van der Waals surface area (Å²) in [5.74, 6) is 0.266. The Hall–Kier alpha value is -0.850. The van der Waals surface area contributed by atoms with Crippen molar-refractivity contribution in [2.75, 3.05) is 0 Å². The largest absolute Gasteiger partial charge is 0.207 e. The van der Waals surface area contributed by atoms with E-state index < -0.39 is 0 Å². The number of aryl methyl sites for hydroxylation is 2. The first-order valence-corrected chi connectivity index (χ1v) is 4.62. The molecule has 0 aliphatic heterocycles. The fraction of sp³-hybridized carbons (Fsp3) is 0.417. The number of benzene rings is 1. The monoisotopic (exact) mass is 179 g/mol. The lowest BCUT2D eigenvalue weighted by molar-refractivity contribution is 0.623. The van der Waals surface area contributed by atoms with Gasteiger partial charge in [-0.15, -0.1) is 0 Å². The first kappa shape index (κ1) is 10.2. The molecule has 1 rings (SSSR count). The molecule has 1 aromatic rings. The van der Waals surface area contributed by atoms with Gasteiger partial charge in [0.05, 0.1) is 0 Å². The van der Waals surface area contributed by atoms with Crippen molar-refractivity contribution in [3.8, 4) is 0 Å². The van der Waals surface area contributed by atoms with Gasteiger partial charge in [0.25, 0.3) is 0 Å². The minimum absolute atomic E-state index is 0.137. The maximum absolute atomic E-state index is 13.0. The van der Waals surface area contributed by atoms with Gasteiger partial charge in [-0.1, -0.05) is 13.8 Å². The molecule has 0 saturated carbocycles. The molecule has 0 aliphatic rings. The van der Waals surface area contributed by atoms with E-state index in [1.165, 1.54) is 5.56 Å². The van der Waals surface area contributed by atoms with Crippen LogP contribution in [0.2, 0.25) is 0 Å². The van der Waals surface area contributed by atoms with E-state index in [0.29, 0.717) is 5.92 Å². The molecule has 0 bridgehead atoms. The van der Waals surface area contributed by atoms with E-state index in [0.717, 1.165) is 11.1 Å². The van der Waals surface area contributed by atoms with Gasteiger partial charge in [-0.3, -0.25) is 0 Å². The zero-order valence-electron chi connectivity index (χ0n) is 8.69. The molecule has 0 amide bonds. The van der Waals surface area contributed by atoms with Crippen LogP contribution in [0.15, 0.2) is 12.1 Å². The third-order valence-electron chi connectivity index (χ3n) is 2.51. The first-order chi connectivity index (χ1) is 6.06. The summed E-state index contributed by atoms with van der Waals surface area (Å²) in [4.78, 5) is 0. The average molecular weight is 179 g/mol. The quantitative estimate of drug-likeness (QED) is 0.648. The Labute approximate surface area is 79.8 Å². The SMILES string of the molecule is C[CH][C@@H](C)c1c(C)cc(F)cc1C. The summed E-state index contributed by atoms with van der Waals surface area (Å²) in [5.41, 5.74) is 3.34. The summed E-state index contributed by atoms with van der Waals surface area (Å²) in [5, 5.41) is 0. The van der Waals surface area contributed by atoms with Crippen LogP contribution < -0.4 is 0 Å². The minimum Gasteiger partial charge on any atom is -0.207 e. The molecule has 0 spiro atoms. The number of hydrogen-bond donors (Lipinski definition) is 0. The van der Waals surface area contributed by atoms with E-state index in [1.807, 2.05) is 20.8 Å². The van der Waals surface area contributed by atoms with E-state index in [2.05, 4.69) is 13.3 Å². The molecular formula is C12H16F. The second-order valence-corrected chi connectivity index (χ2v) is 3.58. The summed E-state index contributed by atoms with van der Waals surface area (Å²) in [6.07, 6.45) is 2.13. The maximum atomic E-state index is 13.0. The van der Waals surface area contributed by atoms with Gasteiger partial charge in [-0.25, -0.2) is 4.39 Å². The third kappa shape index (κ3) is 2.09. The predicted molar refractivity (Wildman–Crippen MR) is 54.3 cm³/mol. The summed E-state index contributed by atoms with van der Waals surface area (Å²) in [7, 11) is 0. The highest BCUT2D eigenvalue weighted by Gasteiger charge is 2.10. The van der Waals surface area contributed by atoms with Crippen LogP contribution in [0, 0.1) is 26.1 Å². The summed E-state index contributed by atoms with van der Waals surface area (Å²) >= 11 is 0. The molecule has 0 N–H and O–H groups in total. The van der Waals surface area contributed by atoms with Gasteiger partial charge < -0.3 is 0 Å². The van der Waals surface area contributed by atoms with Crippen molar-refractivity contribution in [1.82, 2.24) is 0 Å². The van der Waals surface area contributed by atoms with Crippen molar-refractivity contribution in [3.05, 3.63) is 41.1 Å². The molecule has 71 valence electrons. The predicted octanol–water partition coefficient (Wildman–Crippen LogP) is 3.77. The lowest BCUT2D eigenvalue weighted by atomic mass is 9.90. The van der Waals surface area contributed by atoms with E-state index in [-0.39, 0.29) is 5.82 Å². The average Bonchev–Trinajstić information content (AvgIpc) is 2.02. The Balaban J connectivity index is 3.20. The molecule has 0 aromatic heterocycles. The Bertz CT molecular complexity index is 279. The van der Waals surface area contributed by atoms with Crippen LogP contribution in [-0.2, 0) is 0 Å². The van der Waals surface area contributed by atoms with Crippen molar-refractivity contribution in [2.45, 2.75) is 33.6 Å². The maximum Gasteiger partial charge on any atom is 0.123 e. The van der Waals surface area contributed by atoms with E-state index in [1.54, 1.807) is 12.1 Å². The fourth-order valence-corrected chi connectivity index (χ4v) is 1.81. The Morgan fingerprint density at radius 2 is 1.69 bits per heavy atom. The molecule has 0 fully saturated rings. The minimum atomic E-state index is -0.137. The van der Waals surface area contributed by atoms with Crippen molar-refractivity contribution >= 4 is 0 Å². The molecule has 1 aromatic carbocycles. The zero-order chi connectivity index (χ0) is 10.0. The van der Waals surface area contributed by atoms with Crippen LogP contribution in [0.25, 0.3) is 0 Å².